The molecule has 3 aliphatic heterocycles. The molecule has 8 fully saturated rings. The summed E-state index contributed by atoms with van der Waals surface area (Å²) in [7, 11) is 0. The average molecular weight is 869 g/mol. The normalized spacial score (nSPS) is 53.8. The molecule has 8 rings (SSSR count). The first kappa shape index (κ1) is 46.0. The van der Waals surface area contributed by atoms with Crippen LogP contribution in [0.3, 0.4) is 0 Å². The number of ether oxygens (including phenoxy) is 7. The van der Waals surface area contributed by atoms with E-state index < -0.39 is 109 Å². The first-order chi connectivity index (χ1) is 28.3. The van der Waals surface area contributed by atoms with Crippen molar-refractivity contribution < 1.29 is 78.5 Å². The number of esters is 2. The van der Waals surface area contributed by atoms with E-state index in [4.69, 9.17) is 33.2 Å². The molecule has 5 saturated carbocycles. The monoisotopic (exact) mass is 868 g/mol. The number of hydrogen-bond donors (Lipinski definition) is 7. The lowest BCUT2D eigenvalue weighted by atomic mass is 9.41. The van der Waals surface area contributed by atoms with Gasteiger partial charge in [-0.1, -0.05) is 27.7 Å². The van der Waals surface area contributed by atoms with E-state index in [0.717, 1.165) is 32.1 Å². The van der Waals surface area contributed by atoms with Crippen molar-refractivity contribution in [3.05, 3.63) is 0 Å². The Balaban J connectivity index is 1.15. The van der Waals surface area contributed by atoms with Gasteiger partial charge in [-0.2, -0.15) is 0 Å². The number of fused-ring (bicyclic) bond motifs is 2. The Kier molecular flexibility index (Phi) is 11.5. The molecular weight excluding hydrogens is 796 g/mol. The summed E-state index contributed by atoms with van der Waals surface area (Å²) >= 11 is 0. The van der Waals surface area contributed by atoms with Crippen LogP contribution in [0.1, 0.15) is 120 Å². The van der Waals surface area contributed by atoms with E-state index >= 15 is 0 Å². The molecule has 61 heavy (non-hydrogen) atoms. The molecule has 3 heterocycles. The maximum Gasteiger partial charge on any atom is 0.303 e. The highest BCUT2D eigenvalue weighted by Crippen LogP contribution is 2.89. The Labute approximate surface area is 358 Å². The van der Waals surface area contributed by atoms with Gasteiger partial charge in [0.2, 0.25) is 0 Å². The molecule has 0 radical (unpaired) electrons. The van der Waals surface area contributed by atoms with Gasteiger partial charge in [0.15, 0.2) is 24.8 Å². The van der Waals surface area contributed by atoms with Crippen molar-refractivity contribution in [1.29, 1.82) is 0 Å². The summed E-state index contributed by atoms with van der Waals surface area (Å²) in [5.74, 6) is -1.67. The highest BCUT2D eigenvalue weighted by Gasteiger charge is 2.85. The van der Waals surface area contributed by atoms with Crippen LogP contribution in [0.4, 0.5) is 0 Å². The molecule has 2 spiro atoms. The van der Waals surface area contributed by atoms with Gasteiger partial charge in [0.1, 0.15) is 30.5 Å². The summed E-state index contributed by atoms with van der Waals surface area (Å²) in [5.41, 5.74) is -3.46. The number of rotatable bonds is 9. The highest BCUT2D eigenvalue weighted by atomic mass is 16.7. The minimum absolute atomic E-state index is 0.0638. The van der Waals surface area contributed by atoms with Gasteiger partial charge >= 0.3 is 11.9 Å². The fourth-order valence-electron chi connectivity index (χ4n) is 15.5. The number of hydrogen-bond acceptors (Lipinski definition) is 16. The zero-order valence-corrected chi connectivity index (χ0v) is 37.3. The van der Waals surface area contributed by atoms with Crippen molar-refractivity contribution in [2.45, 2.75) is 211 Å². The first-order valence-electron chi connectivity index (χ1n) is 22.6. The maximum absolute atomic E-state index is 12.4. The summed E-state index contributed by atoms with van der Waals surface area (Å²) in [6, 6.07) is 0. The van der Waals surface area contributed by atoms with E-state index in [-0.39, 0.29) is 52.1 Å². The topological polar surface area (TPSA) is 240 Å². The quantitative estimate of drug-likeness (QED) is 0.129. The Morgan fingerprint density at radius 1 is 0.754 bits per heavy atom. The number of carbonyl (C=O) groups is 2. The lowest BCUT2D eigenvalue weighted by Gasteiger charge is -2.65. The van der Waals surface area contributed by atoms with Crippen molar-refractivity contribution in [2.75, 3.05) is 13.2 Å². The van der Waals surface area contributed by atoms with Gasteiger partial charge in [0.25, 0.3) is 0 Å². The van der Waals surface area contributed by atoms with Crippen LogP contribution >= 0.6 is 0 Å². The second-order valence-corrected chi connectivity index (χ2v) is 22.2. The molecule has 0 aromatic carbocycles. The van der Waals surface area contributed by atoms with Gasteiger partial charge in [-0.05, 0) is 117 Å². The van der Waals surface area contributed by atoms with Crippen LogP contribution in [-0.4, -0.2) is 152 Å². The van der Waals surface area contributed by atoms with Crippen molar-refractivity contribution in [1.82, 2.24) is 0 Å². The van der Waals surface area contributed by atoms with Gasteiger partial charge < -0.3 is 68.9 Å². The third-order valence-electron chi connectivity index (χ3n) is 18.2. The molecule has 8 aliphatic rings. The summed E-state index contributed by atoms with van der Waals surface area (Å²) in [4.78, 5) is 24.5. The Hall–Kier alpha value is -1.54. The van der Waals surface area contributed by atoms with Crippen LogP contribution in [0, 0.1) is 44.8 Å². The third kappa shape index (κ3) is 6.89. The van der Waals surface area contributed by atoms with Gasteiger partial charge in [-0.15, -0.1) is 0 Å². The molecule has 16 heteroatoms. The standard InChI is InChI=1S/C45H72O16/c1-21(47)56-33-24(50)19-55-38(34(33)57-22(2)48)60-28-11-13-45-20-44(45)15-14-41(7)35(43(9)12-10-29(61-43)40(5,6)54)23(49)17-42(41,8)27(44)16-25(36(45)39(28,3)4)58-37-32(53)31(52)30(51)26(18-46)59-37/h23-38,46,49-54H,10-20H2,1-9H3/t23-,24+,25-,26+,27-,28-,29-,30+,31-,32+,33-,34+,35-,36-,37+,38-,41?,42-,43+,44-,45+/m0/s1. The predicted octanol–water partition coefficient (Wildman–Crippen LogP) is 1.87. The molecule has 1 unspecified atom stereocenters. The van der Waals surface area contributed by atoms with Crippen LogP contribution in [-0.2, 0) is 42.7 Å². The molecule has 5 aliphatic carbocycles. The minimum Gasteiger partial charge on any atom is -0.455 e. The molecule has 21 atom stereocenters. The van der Waals surface area contributed by atoms with Crippen LogP contribution < -0.4 is 0 Å². The van der Waals surface area contributed by atoms with Crippen LogP contribution in [0.5, 0.6) is 0 Å². The molecule has 3 saturated heterocycles. The van der Waals surface area contributed by atoms with Crippen LogP contribution in [0.2, 0.25) is 0 Å². The van der Waals surface area contributed by atoms with Crippen LogP contribution in [0.15, 0.2) is 0 Å². The van der Waals surface area contributed by atoms with Gasteiger partial charge in [0, 0.05) is 19.8 Å². The Morgan fingerprint density at radius 3 is 2.05 bits per heavy atom. The van der Waals surface area contributed by atoms with E-state index in [0.29, 0.717) is 25.7 Å². The second-order valence-electron chi connectivity index (χ2n) is 22.2. The third-order valence-corrected chi connectivity index (χ3v) is 18.2. The lowest BCUT2D eigenvalue weighted by Crippen LogP contribution is -2.65. The molecular formula is C45H72O16. The second kappa shape index (κ2) is 15.3. The largest absolute Gasteiger partial charge is 0.455 e. The van der Waals surface area contributed by atoms with E-state index in [1.165, 1.54) is 13.8 Å². The summed E-state index contributed by atoms with van der Waals surface area (Å²) < 4.78 is 43.6. The van der Waals surface area contributed by atoms with E-state index in [1.807, 2.05) is 0 Å². The summed E-state index contributed by atoms with van der Waals surface area (Å²) in [6.07, 6.45) is -7.80. The summed E-state index contributed by atoms with van der Waals surface area (Å²) in [5, 5.41) is 77.1. The van der Waals surface area contributed by atoms with Gasteiger partial charge in [-0.3, -0.25) is 9.59 Å². The fourth-order valence-corrected chi connectivity index (χ4v) is 15.5. The smallest absolute Gasteiger partial charge is 0.303 e. The van der Waals surface area contributed by atoms with Crippen molar-refractivity contribution in [3.8, 4) is 0 Å². The Bertz CT molecular complexity index is 1680. The van der Waals surface area contributed by atoms with Crippen molar-refractivity contribution in [2.24, 2.45) is 44.8 Å². The van der Waals surface area contributed by atoms with Gasteiger partial charge in [-0.25, -0.2) is 0 Å². The molecule has 7 N–H and O–H groups in total. The van der Waals surface area contributed by atoms with Crippen molar-refractivity contribution >= 4 is 11.9 Å². The predicted molar refractivity (Wildman–Crippen MR) is 213 cm³/mol. The fraction of sp³-hybridized carbons (Fsp3) is 0.956. The molecule has 0 amide bonds. The number of aliphatic hydroxyl groups excluding tert-OH is 6. The van der Waals surface area contributed by atoms with Crippen LogP contribution in [0.25, 0.3) is 0 Å². The molecule has 0 aromatic heterocycles. The molecule has 16 nitrogen and oxygen atoms in total. The number of carbonyl (C=O) groups excluding carboxylic acids is 2. The highest BCUT2D eigenvalue weighted by molar-refractivity contribution is 5.67. The molecule has 0 bridgehead atoms. The zero-order chi connectivity index (χ0) is 44.6. The first-order valence-corrected chi connectivity index (χ1v) is 22.6. The minimum atomic E-state index is -1.63. The molecule has 0 aromatic rings. The van der Waals surface area contributed by atoms with E-state index in [9.17, 15) is 45.3 Å². The SMILES string of the molecule is CC(=O)O[C@@H]1[C@@H](OC(C)=O)[C@H](O[C@H]2CC[C@]34C[C@]35CCC3(C)[C@@H]([C@@]6(C)CC[C@@H](C(C)(C)O)O6)[C@@H](O)C[C@@]3(C)[C@@H]5C[C@H](O[C@@H]3O[C@H](CO)[C@@H](O)[C@H](O)[C@H]3O)[C@H]4C2(C)C)OC[C@H]1O. The van der Waals surface area contributed by atoms with Crippen molar-refractivity contribution in [3.63, 3.8) is 0 Å². The lowest BCUT2D eigenvalue weighted by molar-refractivity contribution is -0.339. The van der Waals surface area contributed by atoms with E-state index in [1.54, 1.807) is 13.8 Å². The van der Waals surface area contributed by atoms with E-state index in [2.05, 4.69) is 34.6 Å². The molecule has 348 valence electrons. The van der Waals surface area contributed by atoms with Gasteiger partial charge in [0.05, 0.1) is 48.8 Å². The average Bonchev–Trinajstić information content (AvgIpc) is 3.52. The Morgan fingerprint density at radius 2 is 1.43 bits per heavy atom. The maximum atomic E-state index is 12.4. The number of aliphatic hydroxyl groups is 7. The summed E-state index contributed by atoms with van der Waals surface area (Å²) in [6.45, 7) is 16.1. The zero-order valence-electron chi connectivity index (χ0n) is 37.3.